The van der Waals surface area contributed by atoms with Gasteiger partial charge in [0, 0.05) is 11.1 Å². The standard InChI is InChI=1S/C18H22ClN3O3S/c1-3-8-25-18(24)15-13-6-4-5-7-14(13)26-17(15)21-16(23)11(2)22-10-12(19)9-20-22/h9-11H,3-8H2,1-2H3,(H,21,23). The van der Waals surface area contributed by atoms with Gasteiger partial charge in [-0.05, 0) is 44.6 Å². The molecule has 0 aromatic carbocycles. The zero-order valence-electron chi connectivity index (χ0n) is 14.9. The number of rotatable bonds is 6. The number of nitrogens with one attached hydrogen (secondary N) is 1. The molecule has 0 bridgehead atoms. The number of carbonyl (C=O) groups excluding carboxylic acids is 2. The summed E-state index contributed by atoms with van der Waals surface area (Å²) in [6.07, 6.45) is 7.79. The molecule has 1 N–H and O–H groups in total. The summed E-state index contributed by atoms with van der Waals surface area (Å²) in [6, 6.07) is -0.541. The van der Waals surface area contributed by atoms with Gasteiger partial charge in [0.05, 0.1) is 23.4 Å². The number of thiophene rings is 1. The predicted molar refractivity (Wildman–Crippen MR) is 102 cm³/mol. The van der Waals surface area contributed by atoms with Crippen molar-refractivity contribution in [2.45, 2.75) is 52.0 Å². The lowest BCUT2D eigenvalue weighted by atomic mass is 9.95. The van der Waals surface area contributed by atoms with Crippen LogP contribution >= 0.6 is 22.9 Å². The van der Waals surface area contributed by atoms with E-state index in [1.165, 1.54) is 27.1 Å². The highest BCUT2D eigenvalue weighted by Crippen LogP contribution is 2.39. The molecular weight excluding hydrogens is 374 g/mol. The van der Waals surface area contributed by atoms with Gasteiger partial charge in [0.2, 0.25) is 5.91 Å². The highest BCUT2D eigenvalue weighted by molar-refractivity contribution is 7.17. The third-order valence-corrected chi connectivity index (χ3v) is 5.80. The molecule has 2 aromatic heterocycles. The van der Waals surface area contributed by atoms with Crippen LogP contribution in [0.3, 0.4) is 0 Å². The molecule has 6 nitrogen and oxygen atoms in total. The molecule has 1 unspecified atom stereocenters. The van der Waals surface area contributed by atoms with Crippen LogP contribution in [-0.4, -0.2) is 28.3 Å². The Morgan fingerprint density at radius 2 is 2.19 bits per heavy atom. The number of esters is 1. The number of carbonyl (C=O) groups is 2. The van der Waals surface area contributed by atoms with Gasteiger partial charge < -0.3 is 10.1 Å². The molecule has 2 heterocycles. The van der Waals surface area contributed by atoms with Gasteiger partial charge in [-0.2, -0.15) is 5.10 Å². The molecule has 0 radical (unpaired) electrons. The minimum atomic E-state index is -0.541. The van der Waals surface area contributed by atoms with Gasteiger partial charge in [0.25, 0.3) is 0 Å². The number of aromatic nitrogens is 2. The van der Waals surface area contributed by atoms with E-state index in [1.807, 2.05) is 6.92 Å². The van der Waals surface area contributed by atoms with E-state index in [0.29, 0.717) is 22.2 Å². The van der Waals surface area contributed by atoms with Crippen LogP contribution in [0.4, 0.5) is 5.00 Å². The largest absolute Gasteiger partial charge is 0.462 e. The normalized spacial score (nSPS) is 14.6. The van der Waals surface area contributed by atoms with Gasteiger partial charge in [0.1, 0.15) is 11.0 Å². The van der Waals surface area contributed by atoms with Gasteiger partial charge in [-0.25, -0.2) is 4.79 Å². The van der Waals surface area contributed by atoms with Gasteiger partial charge in [-0.3, -0.25) is 9.48 Å². The van der Waals surface area contributed by atoms with Crippen LogP contribution in [0.1, 0.15) is 60.0 Å². The van der Waals surface area contributed by atoms with Crippen LogP contribution in [0.15, 0.2) is 12.4 Å². The molecule has 26 heavy (non-hydrogen) atoms. The number of hydrogen-bond donors (Lipinski definition) is 1. The summed E-state index contributed by atoms with van der Waals surface area (Å²) >= 11 is 7.36. The molecule has 0 saturated carbocycles. The molecule has 1 aliphatic rings. The first-order valence-corrected chi connectivity index (χ1v) is 10.0. The van der Waals surface area contributed by atoms with E-state index < -0.39 is 6.04 Å². The molecular formula is C18H22ClN3O3S. The summed E-state index contributed by atoms with van der Waals surface area (Å²) in [5, 5.41) is 8.03. The lowest BCUT2D eigenvalue weighted by molar-refractivity contribution is -0.119. The van der Waals surface area contributed by atoms with E-state index in [0.717, 1.165) is 37.7 Å². The van der Waals surface area contributed by atoms with Crippen LogP contribution < -0.4 is 5.32 Å². The van der Waals surface area contributed by atoms with E-state index in [9.17, 15) is 9.59 Å². The second-order valence-corrected chi connectivity index (χ2v) is 7.90. The number of ether oxygens (including phenoxy) is 1. The fraction of sp³-hybridized carbons (Fsp3) is 0.500. The highest BCUT2D eigenvalue weighted by atomic mass is 35.5. The molecule has 0 spiro atoms. The molecule has 0 saturated heterocycles. The lowest BCUT2D eigenvalue weighted by Gasteiger charge is -2.14. The number of nitrogens with zero attached hydrogens (tertiary/aromatic N) is 2. The average molecular weight is 396 g/mol. The van der Waals surface area contributed by atoms with E-state index in [-0.39, 0.29) is 11.9 Å². The summed E-state index contributed by atoms with van der Waals surface area (Å²) in [4.78, 5) is 26.4. The van der Waals surface area contributed by atoms with Crippen molar-refractivity contribution in [2.75, 3.05) is 11.9 Å². The van der Waals surface area contributed by atoms with Crippen molar-refractivity contribution in [3.63, 3.8) is 0 Å². The molecule has 8 heteroatoms. The van der Waals surface area contributed by atoms with Crippen molar-refractivity contribution in [1.29, 1.82) is 0 Å². The minimum absolute atomic E-state index is 0.243. The number of fused-ring (bicyclic) bond motifs is 1. The summed E-state index contributed by atoms with van der Waals surface area (Å²) in [6.45, 7) is 4.07. The Bertz CT molecular complexity index is 815. The molecule has 0 aliphatic heterocycles. The van der Waals surface area contributed by atoms with Crippen molar-refractivity contribution in [3.8, 4) is 0 Å². The monoisotopic (exact) mass is 395 g/mol. The second-order valence-electron chi connectivity index (χ2n) is 6.35. The van der Waals surface area contributed by atoms with E-state index in [4.69, 9.17) is 16.3 Å². The zero-order valence-corrected chi connectivity index (χ0v) is 16.5. The van der Waals surface area contributed by atoms with Crippen molar-refractivity contribution in [3.05, 3.63) is 33.4 Å². The topological polar surface area (TPSA) is 73.2 Å². The van der Waals surface area contributed by atoms with Crippen LogP contribution in [0.5, 0.6) is 0 Å². The van der Waals surface area contributed by atoms with Crippen molar-refractivity contribution in [2.24, 2.45) is 0 Å². The summed E-state index contributed by atoms with van der Waals surface area (Å²) in [5.41, 5.74) is 1.56. The maximum Gasteiger partial charge on any atom is 0.341 e. The van der Waals surface area contributed by atoms with Crippen molar-refractivity contribution < 1.29 is 14.3 Å². The second kappa shape index (κ2) is 8.22. The third-order valence-electron chi connectivity index (χ3n) is 4.40. The van der Waals surface area contributed by atoms with Gasteiger partial charge in [-0.1, -0.05) is 18.5 Å². The summed E-state index contributed by atoms with van der Waals surface area (Å²) in [5.74, 6) is -0.593. The van der Waals surface area contributed by atoms with Crippen LogP contribution in [0.2, 0.25) is 5.02 Å². The number of halogens is 1. The molecule has 140 valence electrons. The molecule has 1 amide bonds. The van der Waals surface area contributed by atoms with Gasteiger partial charge >= 0.3 is 5.97 Å². The maximum atomic E-state index is 12.7. The highest BCUT2D eigenvalue weighted by Gasteiger charge is 2.28. The van der Waals surface area contributed by atoms with E-state index in [1.54, 1.807) is 13.1 Å². The lowest BCUT2D eigenvalue weighted by Crippen LogP contribution is -2.24. The SMILES string of the molecule is CCCOC(=O)c1c(NC(=O)C(C)n2cc(Cl)cn2)sc2c1CCCC2. The van der Waals surface area contributed by atoms with Crippen LogP contribution in [-0.2, 0) is 22.4 Å². The zero-order chi connectivity index (χ0) is 18.7. The van der Waals surface area contributed by atoms with Gasteiger partial charge in [0.15, 0.2) is 0 Å². The predicted octanol–water partition coefficient (Wildman–Crippen LogP) is 4.24. The fourth-order valence-corrected chi connectivity index (χ4v) is 4.42. The Balaban J connectivity index is 1.85. The molecule has 1 atom stereocenters. The first kappa shape index (κ1) is 18.9. The summed E-state index contributed by atoms with van der Waals surface area (Å²) in [7, 11) is 0. The van der Waals surface area contributed by atoms with Crippen LogP contribution in [0, 0.1) is 0 Å². The molecule has 1 aliphatic carbocycles. The third kappa shape index (κ3) is 3.94. The first-order chi connectivity index (χ1) is 12.5. The Labute approximate surface area is 161 Å². The number of amides is 1. The maximum absolute atomic E-state index is 12.7. The first-order valence-electron chi connectivity index (χ1n) is 8.83. The number of hydrogen-bond acceptors (Lipinski definition) is 5. The number of aryl methyl sites for hydroxylation is 1. The van der Waals surface area contributed by atoms with Crippen LogP contribution in [0.25, 0.3) is 0 Å². The Morgan fingerprint density at radius 3 is 2.88 bits per heavy atom. The summed E-state index contributed by atoms with van der Waals surface area (Å²) < 4.78 is 6.85. The molecule has 3 rings (SSSR count). The van der Waals surface area contributed by atoms with Crippen molar-refractivity contribution in [1.82, 2.24) is 9.78 Å². The smallest absolute Gasteiger partial charge is 0.341 e. The fourth-order valence-electron chi connectivity index (χ4n) is 3.00. The van der Waals surface area contributed by atoms with Gasteiger partial charge in [-0.15, -0.1) is 11.3 Å². The van der Waals surface area contributed by atoms with E-state index in [2.05, 4.69) is 10.4 Å². The minimum Gasteiger partial charge on any atom is -0.462 e. The Kier molecular flexibility index (Phi) is 5.98. The quantitative estimate of drug-likeness (QED) is 0.742. The Morgan fingerprint density at radius 1 is 1.42 bits per heavy atom. The molecule has 2 aromatic rings. The van der Waals surface area contributed by atoms with Crippen molar-refractivity contribution >= 4 is 39.8 Å². The van der Waals surface area contributed by atoms with E-state index >= 15 is 0 Å². The number of anilines is 1. The Hall–Kier alpha value is -1.86. The molecule has 0 fully saturated rings. The average Bonchev–Trinajstić information content (AvgIpc) is 3.22.